The van der Waals surface area contributed by atoms with Crippen molar-refractivity contribution in [3.05, 3.63) is 59.4 Å². The largest absolute Gasteiger partial charge is 0.497 e. The molecule has 0 saturated heterocycles. The Balaban J connectivity index is 1.98. The van der Waals surface area contributed by atoms with Gasteiger partial charge in [0, 0.05) is 23.7 Å². The minimum atomic E-state index is -0.491. The average Bonchev–Trinajstić information content (AvgIpc) is 2.93. The van der Waals surface area contributed by atoms with Gasteiger partial charge in [0.1, 0.15) is 11.6 Å². The number of carbonyl (C=O) groups excluding carboxylic acids is 1. The molecule has 2 aromatic carbocycles. The summed E-state index contributed by atoms with van der Waals surface area (Å²) in [4.78, 5) is 13.6. The van der Waals surface area contributed by atoms with Crippen molar-refractivity contribution >= 4 is 11.7 Å². The Labute approximate surface area is 134 Å². The molecule has 2 atom stereocenters. The average molecular weight is 314 g/mol. The maximum absolute atomic E-state index is 13.8. The first-order chi connectivity index (χ1) is 11.0. The van der Waals surface area contributed by atoms with Crippen molar-refractivity contribution in [2.75, 3.05) is 12.0 Å². The number of rotatable bonds is 3. The monoisotopic (exact) mass is 314 g/mol. The minimum absolute atomic E-state index is 0.0838. The number of para-hydroxylation sites is 1. The molecule has 23 heavy (non-hydrogen) atoms. The molecule has 4 nitrogen and oxygen atoms in total. The molecule has 1 heterocycles. The molecule has 0 spiro atoms. The van der Waals surface area contributed by atoms with E-state index in [1.165, 1.54) is 19.2 Å². The SMILES string of the molecule is COc1cc(F)cc(C(C)C2Cc3ccccc3N2C(N)=O)c1. The van der Waals surface area contributed by atoms with E-state index >= 15 is 0 Å². The molecule has 2 amide bonds. The fourth-order valence-electron chi connectivity index (χ4n) is 3.28. The summed E-state index contributed by atoms with van der Waals surface area (Å²) in [6, 6.07) is 11.7. The summed E-state index contributed by atoms with van der Waals surface area (Å²) in [6.45, 7) is 1.97. The summed E-state index contributed by atoms with van der Waals surface area (Å²) in [6.07, 6.45) is 0.694. The van der Waals surface area contributed by atoms with Crippen LogP contribution in [0.25, 0.3) is 0 Å². The highest BCUT2D eigenvalue weighted by atomic mass is 19.1. The molecule has 1 aliphatic heterocycles. The first-order valence-corrected chi connectivity index (χ1v) is 7.52. The van der Waals surface area contributed by atoms with Gasteiger partial charge < -0.3 is 10.5 Å². The summed E-state index contributed by atoms with van der Waals surface area (Å²) in [5, 5.41) is 0. The highest BCUT2D eigenvalue weighted by Gasteiger charge is 2.36. The lowest BCUT2D eigenvalue weighted by atomic mass is 9.90. The van der Waals surface area contributed by atoms with Gasteiger partial charge in [-0.25, -0.2) is 9.18 Å². The van der Waals surface area contributed by atoms with Gasteiger partial charge in [-0.2, -0.15) is 0 Å². The van der Waals surface area contributed by atoms with Crippen LogP contribution in [0.1, 0.15) is 24.0 Å². The third kappa shape index (κ3) is 2.74. The second-order valence-corrected chi connectivity index (χ2v) is 5.82. The predicted molar refractivity (Wildman–Crippen MR) is 87.4 cm³/mol. The number of urea groups is 1. The molecule has 2 N–H and O–H groups in total. The number of benzene rings is 2. The number of carbonyl (C=O) groups is 1. The molecule has 3 rings (SSSR count). The quantitative estimate of drug-likeness (QED) is 0.943. The Bertz CT molecular complexity index is 748. The lowest BCUT2D eigenvalue weighted by molar-refractivity contribution is 0.251. The van der Waals surface area contributed by atoms with Crippen LogP contribution in [0.15, 0.2) is 42.5 Å². The van der Waals surface area contributed by atoms with Crippen LogP contribution in [0.5, 0.6) is 5.75 Å². The van der Waals surface area contributed by atoms with Crippen LogP contribution >= 0.6 is 0 Å². The van der Waals surface area contributed by atoms with Crippen LogP contribution in [0, 0.1) is 5.82 Å². The second-order valence-electron chi connectivity index (χ2n) is 5.82. The molecular formula is C18H19FN2O2. The zero-order valence-electron chi connectivity index (χ0n) is 13.1. The molecule has 1 aliphatic rings. The lowest BCUT2D eigenvalue weighted by Crippen LogP contribution is -2.44. The number of nitrogens with two attached hydrogens (primary N) is 1. The highest BCUT2D eigenvalue weighted by Crippen LogP contribution is 2.38. The lowest BCUT2D eigenvalue weighted by Gasteiger charge is -2.29. The first-order valence-electron chi connectivity index (χ1n) is 7.52. The topological polar surface area (TPSA) is 55.6 Å². The van der Waals surface area contributed by atoms with E-state index in [1.54, 1.807) is 11.0 Å². The molecule has 5 heteroatoms. The molecule has 0 saturated carbocycles. The Hall–Kier alpha value is -2.56. The van der Waals surface area contributed by atoms with Crippen LogP contribution in [0.4, 0.5) is 14.9 Å². The van der Waals surface area contributed by atoms with E-state index in [1.807, 2.05) is 31.2 Å². The normalized spacial score (nSPS) is 17.7. The number of halogens is 1. The van der Waals surface area contributed by atoms with Crippen LogP contribution in [0.2, 0.25) is 0 Å². The van der Waals surface area contributed by atoms with Crippen LogP contribution in [0.3, 0.4) is 0 Å². The Morgan fingerprint density at radius 3 is 2.78 bits per heavy atom. The van der Waals surface area contributed by atoms with Gasteiger partial charge in [0.2, 0.25) is 0 Å². The fraction of sp³-hybridized carbons (Fsp3) is 0.278. The molecule has 0 fully saturated rings. The molecule has 2 unspecified atom stereocenters. The van der Waals surface area contributed by atoms with Crippen molar-refractivity contribution in [2.45, 2.75) is 25.3 Å². The smallest absolute Gasteiger partial charge is 0.319 e. The van der Waals surface area contributed by atoms with Gasteiger partial charge in [-0.15, -0.1) is 0 Å². The van der Waals surface area contributed by atoms with Crippen molar-refractivity contribution in [1.82, 2.24) is 0 Å². The number of anilines is 1. The van der Waals surface area contributed by atoms with Gasteiger partial charge in [-0.3, -0.25) is 4.90 Å². The molecule has 0 bridgehead atoms. The number of hydrogen-bond acceptors (Lipinski definition) is 2. The van der Waals surface area contributed by atoms with Crippen LogP contribution < -0.4 is 15.4 Å². The predicted octanol–water partition coefficient (Wildman–Crippen LogP) is 3.45. The number of primary amides is 1. The molecule has 0 radical (unpaired) electrons. The zero-order valence-corrected chi connectivity index (χ0v) is 13.1. The van der Waals surface area contributed by atoms with Crippen LogP contribution in [-0.2, 0) is 6.42 Å². The fourth-order valence-corrected chi connectivity index (χ4v) is 3.28. The van der Waals surface area contributed by atoms with Crippen molar-refractivity contribution in [1.29, 1.82) is 0 Å². The summed E-state index contributed by atoms with van der Waals surface area (Å²) < 4.78 is 18.9. The summed E-state index contributed by atoms with van der Waals surface area (Å²) >= 11 is 0. The Morgan fingerprint density at radius 1 is 1.35 bits per heavy atom. The van der Waals surface area contributed by atoms with Gasteiger partial charge in [-0.1, -0.05) is 25.1 Å². The van der Waals surface area contributed by atoms with Crippen molar-refractivity contribution in [2.24, 2.45) is 5.73 Å². The van der Waals surface area contributed by atoms with Gasteiger partial charge >= 0.3 is 6.03 Å². The Kier molecular flexibility index (Phi) is 3.94. The summed E-state index contributed by atoms with van der Waals surface area (Å²) in [7, 11) is 1.50. The van der Waals surface area contributed by atoms with E-state index in [0.717, 1.165) is 16.8 Å². The van der Waals surface area contributed by atoms with E-state index in [0.29, 0.717) is 12.2 Å². The van der Waals surface area contributed by atoms with Gasteiger partial charge in [0.05, 0.1) is 7.11 Å². The molecule has 2 aromatic rings. The van der Waals surface area contributed by atoms with E-state index in [4.69, 9.17) is 10.5 Å². The molecule has 120 valence electrons. The van der Waals surface area contributed by atoms with E-state index in [2.05, 4.69) is 0 Å². The molecular weight excluding hydrogens is 295 g/mol. The standard InChI is InChI=1S/C18H19FN2O2/c1-11(13-7-14(19)10-15(8-13)23-2)17-9-12-5-3-4-6-16(12)21(17)18(20)22/h3-8,10-11,17H,9H2,1-2H3,(H2,20,22). The first kappa shape index (κ1) is 15.3. The van der Waals surface area contributed by atoms with E-state index in [9.17, 15) is 9.18 Å². The highest BCUT2D eigenvalue weighted by molar-refractivity contribution is 5.94. The van der Waals surface area contributed by atoms with E-state index in [-0.39, 0.29) is 17.8 Å². The third-order valence-electron chi connectivity index (χ3n) is 4.48. The molecule has 0 aromatic heterocycles. The van der Waals surface area contributed by atoms with Gasteiger partial charge in [0.15, 0.2) is 0 Å². The zero-order chi connectivity index (χ0) is 16.6. The van der Waals surface area contributed by atoms with Gasteiger partial charge in [-0.05, 0) is 35.7 Å². The Morgan fingerprint density at radius 2 is 2.09 bits per heavy atom. The number of nitrogens with zero attached hydrogens (tertiary/aromatic N) is 1. The van der Waals surface area contributed by atoms with Gasteiger partial charge in [0.25, 0.3) is 0 Å². The molecule has 0 aliphatic carbocycles. The maximum atomic E-state index is 13.8. The number of amides is 2. The third-order valence-corrected chi connectivity index (χ3v) is 4.48. The van der Waals surface area contributed by atoms with E-state index < -0.39 is 6.03 Å². The number of hydrogen-bond donors (Lipinski definition) is 1. The maximum Gasteiger partial charge on any atom is 0.319 e. The van der Waals surface area contributed by atoms with Crippen molar-refractivity contribution < 1.29 is 13.9 Å². The summed E-state index contributed by atoms with van der Waals surface area (Å²) in [5.74, 6) is 0.0276. The number of ether oxygens (including phenoxy) is 1. The van der Waals surface area contributed by atoms with Crippen LogP contribution in [-0.4, -0.2) is 19.2 Å². The summed E-state index contributed by atoms with van der Waals surface area (Å²) in [5.41, 5.74) is 8.29. The van der Waals surface area contributed by atoms with Crippen molar-refractivity contribution in [3.63, 3.8) is 0 Å². The van der Waals surface area contributed by atoms with Crippen molar-refractivity contribution in [3.8, 4) is 5.75 Å². The number of fused-ring (bicyclic) bond motifs is 1. The minimum Gasteiger partial charge on any atom is -0.497 e. The second kappa shape index (κ2) is 5.91. The number of methoxy groups -OCH3 is 1.